The van der Waals surface area contributed by atoms with Gasteiger partial charge in [-0.05, 0) is 25.7 Å². The number of hydrogen-bond donors (Lipinski definition) is 1. The maximum atomic E-state index is 12.5. The van der Waals surface area contributed by atoms with Crippen molar-refractivity contribution in [2.45, 2.75) is 44.3 Å². The second-order valence-corrected chi connectivity index (χ2v) is 5.15. The number of halogens is 3. The minimum Gasteiger partial charge on any atom is -0.321 e. The molecule has 1 heterocycles. The summed E-state index contributed by atoms with van der Waals surface area (Å²) < 4.78 is 39.4. The van der Waals surface area contributed by atoms with Crippen LogP contribution >= 0.6 is 0 Å². The average Bonchev–Trinajstić information content (AvgIpc) is 2.75. The molecule has 0 amide bonds. The summed E-state index contributed by atoms with van der Waals surface area (Å²) in [6.45, 7) is 0.730. The molecule has 1 fully saturated rings. The standard InChI is InChI=1S/C12H19F3N4/c1-19-8-17-18-11(19)6-7-16-10-4-2-9(3-5-10)12(13,14)15/h8-10,16H,2-7H2,1H3. The highest BCUT2D eigenvalue weighted by molar-refractivity contribution is 4.86. The fourth-order valence-corrected chi connectivity index (χ4v) is 2.55. The Bertz CT molecular complexity index is 394. The number of nitrogens with zero attached hydrogens (tertiary/aromatic N) is 3. The SMILES string of the molecule is Cn1cnnc1CCNC1CCC(C(F)(F)F)CC1. The highest BCUT2D eigenvalue weighted by Gasteiger charge is 2.41. The summed E-state index contributed by atoms with van der Waals surface area (Å²) in [5.74, 6) is -0.222. The fraction of sp³-hybridized carbons (Fsp3) is 0.833. The zero-order valence-electron chi connectivity index (χ0n) is 11.0. The number of rotatable bonds is 4. The van der Waals surface area contributed by atoms with E-state index >= 15 is 0 Å². The van der Waals surface area contributed by atoms with E-state index in [2.05, 4.69) is 15.5 Å². The van der Waals surface area contributed by atoms with Gasteiger partial charge in [0.05, 0.1) is 5.92 Å². The molecule has 1 aromatic rings. The molecule has 2 rings (SSSR count). The molecule has 1 saturated carbocycles. The van der Waals surface area contributed by atoms with Crippen LogP contribution < -0.4 is 5.32 Å². The first-order valence-electron chi connectivity index (χ1n) is 6.60. The Morgan fingerprint density at radius 1 is 1.32 bits per heavy atom. The Morgan fingerprint density at radius 2 is 2.00 bits per heavy atom. The molecule has 0 atom stereocenters. The van der Waals surface area contributed by atoms with Gasteiger partial charge in [0.1, 0.15) is 12.2 Å². The second-order valence-electron chi connectivity index (χ2n) is 5.15. The molecule has 0 aliphatic heterocycles. The molecular formula is C12H19F3N4. The van der Waals surface area contributed by atoms with Gasteiger partial charge in [-0.3, -0.25) is 0 Å². The van der Waals surface area contributed by atoms with Gasteiger partial charge >= 0.3 is 6.18 Å². The molecule has 108 valence electrons. The Balaban J connectivity index is 1.68. The van der Waals surface area contributed by atoms with Crippen molar-refractivity contribution >= 4 is 0 Å². The molecular weight excluding hydrogens is 257 g/mol. The summed E-state index contributed by atoms with van der Waals surface area (Å²) in [6.07, 6.45) is 0.0470. The van der Waals surface area contributed by atoms with Crippen molar-refractivity contribution in [2.75, 3.05) is 6.54 Å². The molecule has 4 nitrogen and oxygen atoms in total. The summed E-state index contributed by atoms with van der Waals surface area (Å²) in [7, 11) is 1.88. The van der Waals surface area contributed by atoms with Crippen molar-refractivity contribution in [1.29, 1.82) is 0 Å². The van der Waals surface area contributed by atoms with Gasteiger partial charge in [0, 0.05) is 26.1 Å². The molecule has 0 spiro atoms. The van der Waals surface area contributed by atoms with Crippen LogP contribution in [0.4, 0.5) is 13.2 Å². The van der Waals surface area contributed by atoms with Crippen molar-refractivity contribution in [3.05, 3.63) is 12.2 Å². The molecule has 0 aromatic carbocycles. The van der Waals surface area contributed by atoms with Gasteiger partial charge < -0.3 is 9.88 Å². The molecule has 0 bridgehead atoms. The fourth-order valence-electron chi connectivity index (χ4n) is 2.55. The molecule has 0 unspecified atom stereocenters. The van der Waals surface area contributed by atoms with Gasteiger partial charge in [0.15, 0.2) is 0 Å². The number of nitrogens with one attached hydrogen (secondary N) is 1. The Labute approximate surface area is 110 Å². The van der Waals surface area contributed by atoms with E-state index in [1.807, 2.05) is 11.6 Å². The average molecular weight is 276 g/mol. The van der Waals surface area contributed by atoms with Crippen LogP contribution in [0.1, 0.15) is 31.5 Å². The zero-order valence-corrected chi connectivity index (χ0v) is 11.0. The van der Waals surface area contributed by atoms with E-state index in [1.165, 1.54) is 0 Å². The Hall–Kier alpha value is -1.11. The lowest BCUT2D eigenvalue weighted by Gasteiger charge is -2.30. The van der Waals surface area contributed by atoms with Crippen LogP contribution in [0, 0.1) is 5.92 Å². The first-order chi connectivity index (χ1) is 8.97. The third kappa shape index (κ3) is 3.92. The summed E-state index contributed by atoms with van der Waals surface area (Å²) in [4.78, 5) is 0. The van der Waals surface area contributed by atoms with Crippen LogP contribution in [-0.4, -0.2) is 33.5 Å². The van der Waals surface area contributed by atoms with E-state index in [1.54, 1.807) is 6.33 Å². The highest BCUT2D eigenvalue weighted by atomic mass is 19.4. The van der Waals surface area contributed by atoms with E-state index in [0.717, 1.165) is 18.8 Å². The van der Waals surface area contributed by atoms with Crippen molar-refractivity contribution in [1.82, 2.24) is 20.1 Å². The second kappa shape index (κ2) is 5.90. The molecule has 0 saturated heterocycles. The third-order valence-corrected chi connectivity index (χ3v) is 3.78. The monoisotopic (exact) mass is 276 g/mol. The third-order valence-electron chi connectivity index (χ3n) is 3.78. The van der Waals surface area contributed by atoms with Crippen LogP contribution in [0.25, 0.3) is 0 Å². The van der Waals surface area contributed by atoms with E-state index in [4.69, 9.17) is 0 Å². The quantitative estimate of drug-likeness (QED) is 0.915. The van der Waals surface area contributed by atoms with Crippen molar-refractivity contribution in [3.63, 3.8) is 0 Å². The van der Waals surface area contributed by atoms with E-state index in [0.29, 0.717) is 12.8 Å². The maximum Gasteiger partial charge on any atom is 0.391 e. The summed E-state index contributed by atoms with van der Waals surface area (Å²) >= 11 is 0. The Kier molecular flexibility index (Phi) is 4.44. The van der Waals surface area contributed by atoms with Gasteiger partial charge in [0.2, 0.25) is 0 Å². The van der Waals surface area contributed by atoms with Gasteiger partial charge in [-0.2, -0.15) is 13.2 Å². The predicted molar refractivity (Wildman–Crippen MR) is 64.5 cm³/mol. The first-order valence-corrected chi connectivity index (χ1v) is 6.60. The maximum absolute atomic E-state index is 12.5. The number of alkyl halides is 3. The van der Waals surface area contributed by atoms with Crippen LogP contribution in [0.2, 0.25) is 0 Å². The largest absolute Gasteiger partial charge is 0.391 e. The van der Waals surface area contributed by atoms with Crippen LogP contribution in [0.15, 0.2) is 6.33 Å². The lowest BCUT2D eigenvalue weighted by Crippen LogP contribution is -2.37. The predicted octanol–water partition coefficient (Wildman–Crippen LogP) is 2.07. The van der Waals surface area contributed by atoms with Crippen LogP contribution in [0.5, 0.6) is 0 Å². The van der Waals surface area contributed by atoms with Gasteiger partial charge in [-0.15, -0.1) is 10.2 Å². The van der Waals surface area contributed by atoms with Crippen molar-refractivity contribution in [2.24, 2.45) is 13.0 Å². The number of aromatic nitrogens is 3. The lowest BCUT2D eigenvalue weighted by atomic mass is 9.85. The van der Waals surface area contributed by atoms with E-state index in [-0.39, 0.29) is 18.9 Å². The molecule has 1 aliphatic rings. The van der Waals surface area contributed by atoms with Crippen LogP contribution in [-0.2, 0) is 13.5 Å². The molecule has 19 heavy (non-hydrogen) atoms. The lowest BCUT2D eigenvalue weighted by molar-refractivity contribution is -0.182. The van der Waals surface area contributed by atoms with E-state index in [9.17, 15) is 13.2 Å². The summed E-state index contributed by atoms with van der Waals surface area (Å²) in [5, 5.41) is 11.1. The zero-order chi connectivity index (χ0) is 13.9. The number of hydrogen-bond acceptors (Lipinski definition) is 3. The van der Waals surface area contributed by atoms with Crippen molar-refractivity contribution in [3.8, 4) is 0 Å². The molecule has 0 radical (unpaired) electrons. The molecule has 1 aliphatic carbocycles. The van der Waals surface area contributed by atoms with Gasteiger partial charge in [-0.1, -0.05) is 0 Å². The first kappa shape index (κ1) is 14.3. The summed E-state index contributed by atoms with van der Waals surface area (Å²) in [5.41, 5.74) is 0. The normalized spacial score (nSPS) is 24.6. The number of aryl methyl sites for hydroxylation is 1. The van der Waals surface area contributed by atoms with E-state index < -0.39 is 12.1 Å². The highest BCUT2D eigenvalue weighted by Crippen LogP contribution is 2.37. The van der Waals surface area contributed by atoms with Gasteiger partial charge in [-0.25, -0.2) is 0 Å². The molecule has 1 aromatic heterocycles. The van der Waals surface area contributed by atoms with Gasteiger partial charge in [0.25, 0.3) is 0 Å². The Morgan fingerprint density at radius 3 is 2.53 bits per heavy atom. The minimum atomic E-state index is -4.02. The van der Waals surface area contributed by atoms with Crippen molar-refractivity contribution < 1.29 is 13.2 Å². The molecule has 7 heteroatoms. The molecule has 1 N–H and O–H groups in total. The minimum absolute atomic E-state index is 0.201. The topological polar surface area (TPSA) is 42.7 Å². The van der Waals surface area contributed by atoms with Crippen LogP contribution in [0.3, 0.4) is 0 Å². The smallest absolute Gasteiger partial charge is 0.321 e. The summed E-state index contributed by atoms with van der Waals surface area (Å²) in [6, 6.07) is 0.201.